The van der Waals surface area contributed by atoms with Crippen molar-refractivity contribution in [3.05, 3.63) is 119 Å². The van der Waals surface area contributed by atoms with Gasteiger partial charge in [0.25, 0.3) is 0 Å². The number of nitrogens with zero attached hydrogens (tertiary/aromatic N) is 2. The van der Waals surface area contributed by atoms with Gasteiger partial charge in [0.05, 0.1) is 12.5 Å². The van der Waals surface area contributed by atoms with Gasteiger partial charge in [0.15, 0.2) is 0 Å². The van der Waals surface area contributed by atoms with Gasteiger partial charge in [-0.05, 0) is 104 Å². The topological polar surface area (TPSA) is 57.3 Å². The number of anilines is 3. The quantitative estimate of drug-likeness (QED) is 0.272. The van der Waals surface area contributed by atoms with Gasteiger partial charge >= 0.3 is 0 Å². The first kappa shape index (κ1) is 24.8. The molecule has 2 atom stereocenters. The zero-order valence-electron chi connectivity index (χ0n) is 21.3. The van der Waals surface area contributed by atoms with Crippen LogP contribution in [0.2, 0.25) is 5.02 Å². The summed E-state index contributed by atoms with van der Waals surface area (Å²) in [6.07, 6.45) is 3.96. The summed E-state index contributed by atoms with van der Waals surface area (Å²) in [7, 11) is 0. The number of pyridine rings is 1. The molecule has 5 nitrogen and oxygen atoms in total. The van der Waals surface area contributed by atoms with E-state index in [0.29, 0.717) is 17.5 Å². The Kier molecular flexibility index (Phi) is 7.15. The Bertz CT molecular complexity index is 1370. The maximum absolute atomic E-state index is 13.6. The maximum Gasteiger partial charge on any atom is 0.232 e. The Labute approximate surface area is 223 Å². The van der Waals surface area contributed by atoms with Crippen LogP contribution in [0.3, 0.4) is 0 Å². The summed E-state index contributed by atoms with van der Waals surface area (Å²) in [5.74, 6) is 0.0721. The first-order valence-electron chi connectivity index (χ1n) is 12.6. The Morgan fingerprint density at radius 1 is 0.865 bits per heavy atom. The van der Waals surface area contributed by atoms with Gasteiger partial charge in [-0.2, -0.15) is 0 Å². The van der Waals surface area contributed by atoms with Crippen LogP contribution in [-0.2, 0) is 11.2 Å². The van der Waals surface area contributed by atoms with Crippen molar-refractivity contribution < 1.29 is 4.79 Å². The van der Waals surface area contributed by atoms with E-state index in [2.05, 4.69) is 54.6 Å². The van der Waals surface area contributed by atoms with Crippen LogP contribution in [0.1, 0.15) is 55.1 Å². The molecule has 4 aromatic rings. The molecule has 1 aliphatic rings. The molecule has 0 bridgehead atoms. The number of carbonyl (C=O) groups is 1. The molecule has 0 radical (unpaired) electrons. The smallest absolute Gasteiger partial charge is 0.232 e. The van der Waals surface area contributed by atoms with Gasteiger partial charge in [0.2, 0.25) is 5.91 Å². The van der Waals surface area contributed by atoms with Crippen LogP contribution in [-0.4, -0.2) is 16.9 Å². The summed E-state index contributed by atoms with van der Waals surface area (Å²) >= 11 is 6.22. The molecule has 3 aromatic carbocycles. The molecule has 6 heteroatoms. The van der Waals surface area contributed by atoms with Crippen molar-refractivity contribution in [1.82, 2.24) is 4.98 Å². The van der Waals surface area contributed by atoms with Crippen LogP contribution in [0.4, 0.5) is 17.1 Å². The summed E-state index contributed by atoms with van der Waals surface area (Å²) in [5, 5.41) is 7.71. The largest absolute Gasteiger partial charge is 0.383 e. The fraction of sp³-hybridized carbons (Fsp3) is 0.226. The van der Waals surface area contributed by atoms with E-state index in [4.69, 9.17) is 11.6 Å². The second-order valence-corrected chi connectivity index (χ2v) is 10.2. The highest BCUT2D eigenvalue weighted by Crippen LogP contribution is 2.40. The van der Waals surface area contributed by atoms with E-state index in [-0.39, 0.29) is 18.0 Å². The van der Waals surface area contributed by atoms with Crippen LogP contribution in [0.25, 0.3) is 0 Å². The summed E-state index contributed by atoms with van der Waals surface area (Å²) in [5.41, 5.74) is 7.27. The molecule has 188 valence electrons. The van der Waals surface area contributed by atoms with Crippen molar-refractivity contribution in [3.63, 3.8) is 0 Å². The van der Waals surface area contributed by atoms with Crippen molar-refractivity contribution in [3.8, 4) is 0 Å². The average Bonchev–Trinajstić information content (AvgIpc) is 2.89. The molecule has 1 aromatic heterocycles. The lowest BCUT2D eigenvalue weighted by Gasteiger charge is -2.38. The lowest BCUT2D eigenvalue weighted by molar-refractivity contribution is -0.118. The lowest BCUT2D eigenvalue weighted by atomic mass is 9.87. The maximum atomic E-state index is 13.6. The molecular formula is C31H31ClN4O. The number of hydrogen-bond donors (Lipinski definition) is 2. The number of carbonyl (C=O) groups excluding carboxylic acids is 1. The van der Waals surface area contributed by atoms with Crippen LogP contribution >= 0.6 is 11.6 Å². The van der Waals surface area contributed by atoms with Crippen LogP contribution < -0.4 is 15.5 Å². The summed E-state index contributed by atoms with van der Waals surface area (Å²) in [6, 6.07) is 26.4. The molecule has 0 aliphatic carbocycles. The second-order valence-electron chi connectivity index (χ2n) is 9.80. The molecule has 0 saturated carbocycles. The Hall–Kier alpha value is -3.83. The van der Waals surface area contributed by atoms with Crippen molar-refractivity contribution in [2.75, 3.05) is 15.5 Å². The van der Waals surface area contributed by atoms with E-state index in [9.17, 15) is 4.79 Å². The molecule has 37 heavy (non-hydrogen) atoms. The van der Waals surface area contributed by atoms with Gasteiger partial charge in [-0.25, -0.2) is 0 Å². The number of hydrogen-bond acceptors (Lipinski definition) is 4. The molecule has 1 aliphatic heterocycles. The molecule has 0 fully saturated rings. The normalized spacial score (nSPS) is 15.9. The second kappa shape index (κ2) is 10.7. The van der Waals surface area contributed by atoms with E-state index in [1.807, 2.05) is 65.6 Å². The summed E-state index contributed by atoms with van der Waals surface area (Å²) < 4.78 is 0. The van der Waals surface area contributed by atoms with E-state index >= 15 is 0 Å². The third kappa shape index (κ3) is 5.47. The molecule has 2 unspecified atom stereocenters. The molecule has 2 N–H and O–H groups in total. The minimum absolute atomic E-state index is 0.0721. The molecule has 5 rings (SSSR count). The van der Waals surface area contributed by atoms with E-state index < -0.39 is 0 Å². The monoisotopic (exact) mass is 510 g/mol. The van der Waals surface area contributed by atoms with Crippen molar-refractivity contribution in [2.45, 2.75) is 45.3 Å². The SMILES string of the molecule is CC(C)Nc1ccc2c(c1)C(c1ccc(Cl)cc1)N(c1ccc(NC(C)c3ccncc3)cc1)C(=O)C2. The molecule has 2 heterocycles. The highest BCUT2D eigenvalue weighted by Gasteiger charge is 2.35. The fourth-order valence-corrected chi connectivity index (χ4v) is 5.06. The number of nitrogens with one attached hydrogen (secondary N) is 2. The van der Waals surface area contributed by atoms with Crippen LogP contribution in [0, 0.1) is 0 Å². The predicted octanol–water partition coefficient (Wildman–Crippen LogP) is 7.41. The zero-order chi connectivity index (χ0) is 25.9. The Morgan fingerprint density at radius 2 is 1.54 bits per heavy atom. The molecule has 1 amide bonds. The number of aromatic nitrogens is 1. The fourth-order valence-electron chi connectivity index (χ4n) is 4.94. The Morgan fingerprint density at radius 3 is 2.22 bits per heavy atom. The van der Waals surface area contributed by atoms with Gasteiger partial charge < -0.3 is 15.5 Å². The lowest BCUT2D eigenvalue weighted by Crippen LogP contribution is -2.41. The highest BCUT2D eigenvalue weighted by molar-refractivity contribution is 6.30. The number of halogens is 1. The summed E-state index contributed by atoms with van der Waals surface area (Å²) in [4.78, 5) is 19.6. The molecular weight excluding hydrogens is 480 g/mol. The van der Waals surface area contributed by atoms with Crippen LogP contribution in [0.15, 0.2) is 91.3 Å². The van der Waals surface area contributed by atoms with Gasteiger partial charge in [-0.3, -0.25) is 9.78 Å². The van der Waals surface area contributed by atoms with Crippen LogP contribution in [0.5, 0.6) is 0 Å². The highest BCUT2D eigenvalue weighted by atomic mass is 35.5. The summed E-state index contributed by atoms with van der Waals surface area (Å²) in [6.45, 7) is 6.36. The number of amides is 1. The first-order valence-corrected chi connectivity index (χ1v) is 13.0. The minimum Gasteiger partial charge on any atom is -0.383 e. The predicted molar refractivity (Wildman–Crippen MR) is 152 cm³/mol. The molecule has 0 saturated heterocycles. The molecule has 0 spiro atoms. The standard InChI is InChI=1S/C31H31ClN4O/c1-20(2)34-27-9-6-24-18-30(37)36(31(29(24)19-27)23-4-7-25(32)8-5-23)28-12-10-26(11-13-28)35-21(3)22-14-16-33-17-15-22/h4-17,19-21,31,34-35H,18H2,1-3H3. The van der Waals surface area contributed by atoms with Gasteiger partial charge in [-0.1, -0.05) is 29.8 Å². The number of rotatable bonds is 7. The van der Waals surface area contributed by atoms with Crippen molar-refractivity contribution >= 4 is 34.6 Å². The van der Waals surface area contributed by atoms with Gasteiger partial charge in [0, 0.05) is 46.6 Å². The van der Waals surface area contributed by atoms with E-state index in [1.165, 1.54) is 0 Å². The first-order chi connectivity index (χ1) is 17.9. The Balaban J connectivity index is 1.50. The average molecular weight is 511 g/mol. The van der Waals surface area contributed by atoms with Gasteiger partial charge in [0.1, 0.15) is 0 Å². The van der Waals surface area contributed by atoms with E-state index in [1.54, 1.807) is 12.4 Å². The van der Waals surface area contributed by atoms with E-state index in [0.717, 1.165) is 39.3 Å². The minimum atomic E-state index is -0.253. The van der Waals surface area contributed by atoms with Crippen molar-refractivity contribution in [1.29, 1.82) is 0 Å². The third-order valence-electron chi connectivity index (χ3n) is 6.68. The third-order valence-corrected chi connectivity index (χ3v) is 6.94. The number of fused-ring (bicyclic) bond motifs is 1. The zero-order valence-corrected chi connectivity index (χ0v) is 22.0. The van der Waals surface area contributed by atoms with Crippen molar-refractivity contribution in [2.24, 2.45) is 0 Å². The number of benzene rings is 3. The van der Waals surface area contributed by atoms with Gasteiger partial charge in [-0.15, -0.1) is 0 Å².